The molecule has 0 aliphatic carbocycles. The molecule has 0 fully saturated rings. The van der Waals surface area contributed by atoms with Gasteiger partial charge in [-0.3, -0.25) is 14.3 Å². The zero-order chi connectivity index (χ0) is 28.1. The Kier molecular flexibility index (Phi) is 8.84. The van der Waals surface area contributed by atoms with Gasteiger partial charge in [0.15, 0.2) is 0 Å². The van der Waals surface area contributed by atoms with Crippen LogP contribution in [0.5, 0.6) is 0 Å². The highest BCUT2D eigenvalue weighted by molar-refractivity contribution is 6.30. The molecule has 0 aliphatic rings. The predicted molar refractivity (Wildman–Crippen MR) is 134 cm³/mol. The molecule has 7 nitrogen and oxygen atoms in total. The number of hydrogen-bond acceptors (Lipinski definition) is 5. The minimum atomic E-state index is -4.69. The van der Waals surface area contributed by atoms with Gasteiger partial charge in [0.1, 0.15) is 17.7 Å². The van der Waals surface area contributed by atoms with Gasteiger partial charge in [-0.2, -0.15) is 23.5 Å². The van der Waals surface area contributed by atoms with Gasteiger partial charge in [-0.1, -0.05) is 35.9 Å². The average Bonchev–Trinajstić information content (AvgIpc) is 3.29. The van der Waals surface area contributed by atoms with Gasteiger partial charge < -0.3 is 10.1 Å². The van der Waals surface area contributed by atoms with Crippen molar-refractivity contribution in [3.05, 3.63) is 87.7 Å². The number of nitriles is 1. The summed E-state index contributed by atoms with van der Waals surface area (Å²) in [4.78, 5) is 24.5. The topological polar surface area (TPSA) is 97.0 Å². The Bertz CT molecular complexity index is 1330. The molecule has 38 heavy (non-hydrogen) atoms. The number of carbonyl (C=O) groups is 2. The molecule has 3 atom stereocenters. The first kappa shape index (κ1) is 28.7. The van der Waals surface area contributed by atoms with E-state index in [9.17, 15) is 28.0 Å². The van der Waals surface area contributed by atoms with Crippen molar-refractivity contribution in [3.63, 3.8) is 0 Å². The molecule has 0 aliphatic heterocycles. The van der Waals surface area contributed by atoms with Crippen LogP contribution >= 0.6 is 11.6 Å². The summed E-state index contributed by atoms with van der Waals surface area (Å²) in [5, 5.41) is 16.8. The number of halogens is 4. The summed E-state index contributed by atoms with van der Waals surface area (Å²) in [6, 6.07) is 16.5. The fourth-order valence-corrected chi connectivity index (χ4v) is 4.35. The van der Waals surface area contributed by atoms with E-state index in [0.29, 0.717) is 21.7 Å². The number of benzene rings is 2. The first-order valence-electron chi connectivity index (χ1n) is 11.6. The normalized spacial score (nSPS) is 14.6. The highest BCUT2D eigenvalue weighted by Gasteiger charge is 2.43. The van der Waals surface area contributed by atoms with E-state index in [-0.39, 0.29) is 18.1 Å². The standard InChI is InChI=1S/C27H26ClF3N4O3/c1-17(22(12-18-7-9-21(28)10-8-18)20-6-4-5-19(11-20)14-32)33-25(37)26(2,15-38-16-36)23-13-24(27(29,30)31)35(3)34-23/h4-11,13,16-17,22H,12,15H2,1-3H3,(H,33,37)/t17-,22+,26?/m0/s1. The monoisotopic (exact) mass is 546 g/mol. The first-order valence-corrected chi connectivity index (χ1v) is 12.0. The van der Waals surface area contributed by atoms with E-state index < -0.39 is 35.8 Å². The van der Waals surface area contributed by atoms with Gasteiger partial charge in [0.25, 0.3) is 6.47 Å². The molecule has 0 spiro atoms. The van der Waals surface area contributed by atoms with Crippen molar-refractivity contribution < 1.29 is 27.5 Å². The maximum Gasteiger partial charge on any atom is 0.433 e. The van der Waals surface area contributed by atoms with Crippen LogP contribution in [0, 0.1) is 11.3 Å². The Morgan fingerprint density at radius 1 is 1.24 bits per heavy atom. The van der Waals surface area contributed by atoms with Crippen molar-refractivity contribution in [1.82, 2.24) is 15.1 Å². The lowest BCUT2D eigenvalue weighted by Crippen LogP contribution is -2.50. The van der Waals surface area contributed by atoms with E-state index in [4.69, 9.17) is 16.3 Å². The van der Waals surface area contributed by atoms with Gasteiger partial charge >= 0.3 is 6.18 Å². The maximum atomic E-state index is 13.6. The second-order valence-electron chi connectivity index (χ2n) is 9.21. The van der Waals surface area contributed by atoms with Crippen LogP contribution in [-0.2, 0) is 39.4 Å². The smallest absolute Gasteiger partial charge is 0.433 e. The van der Waals surface area contributed by atoms with Crippen LogP contribution in [0.15, 0.2) is 54.6 Å². The zero-order valence-electron chi connectivity index (χ0n) is 20.9. The minimum absolute atomic E-state index is 0.124. The molecule has 1 aromatic heterocycles. The van der Waals surface area contributed by atoms with E-state index in [2.05, 4.69) is 16.5 Å². The highest BCUT2D eigenvalue weighted by Crippen LogP contribution is 2.34. The Labute approximate surface area is 223 Å². The third-order valence-electron chi connectivity index (χ3n) is 6.45. The quantitative estimate of drug-likeness (QED) is 0.364. The number of carbonyl (C=O) groups excluding carboxylic acids is 2. The van der Waals surface area contributed by atoms with E-state index in [1.54, 1.807) is 37.3 Å². The van der Waals surface area contributed by atoms with Crippen LogP contribution in [0.25, 0.3) is 0 Å². The van der Waals surface area contributed by atoms with Crippen molar-refractivity contribution in [2.45, 2.75) is 43.8 Å². The Hall–Kier alpha value is -3.84. The molecule has 1 unspecified atom stereocenters. The molecule has 3 rings (SSSR count). The number of nitrogens with zero attached hydrogens (tertiary/aromatic N) is 3. The lowest BCUT2D eigenvalue weighted by atomic mass is 9.83. The third kappa shape index (κ3) is 6.53. The average molecular weight is 547 g/mol. The molecule has 0 saturated heterocycles. The lowest BCUT2D eigenvalue weighted by Gasteiger charge is -2.31. The summed E-state index contributed by atoms with van der Waals surface area (Å²) < 4.78 is 45.8. The molecule has 0 radical (unpaired) electrons. The third-order valence-corrected chi connectivity index (χ3v) is 6.70. The number of amides is 1. The van der Waals surface area contributed by atoms with Gasteiger partial charge in [0.2, 0.25) is 5.91 Å². The van der Waals surface area contributed by atoms with Crippen LogP contribution in [-0.4, -0.2) is 34.8 Å². The molecule has 3 aromatic rings. The minimum Gasteiger partial charge on any atom is -0.466 e. The molecule has 0 saturated carbocycles. The largest absolute Gasteiger partial charge is 0.466 e. The Balaban J connectivity index is 1.97. The van der Waals surface area contributed by atoms with Crippen LogP contribution in [0.4, 0.5) is 13.2 Å². The van der Waals surface area contributed by atoms with E-state index in [0.717, 1.165) is 24.2 Å². The molecule has 0 bridgehead atoms. The molecule has 200 valence electrons. The highest BCUT2D eigenvalue weighted by atomic mass is 35.5. The molecule has 1 amide bonds. The van der Waals surface area contributed by atoms with Gasteiger partial charge in [0.05, 0.1) is 17.3 Å². The molecular weight excluding hydrogens is 521 g/mol. The van der Waals surface area contributed by atoms with Gasteiger partial charge in [0, 0.05) is 24.0 Å². The fraction of sp³-hybridized carbons (Fsp3) is 0.333. The van der Waals surface area contributed by atoms with Crippen molar-refractivity contribution in [3.8, 4) is 6.07 Å². The molecular formula is C27H26ClF3N4O3. The van der Waals surface area contributed by atoms with Crippen LogP contribution in [0.2, 0.25) is 5.02 Å². The summed E-state index contributed by atoms with van der Waals surface area (Å²) in [7, 11) is 1.12. The van der Waals surface area contributed by atoms with E-state index in [1.165, 1.54) is 6.92 Å². The number of aryl methyl sites for hydroxylation is 1. The number of nitrogens with one attached hydrogen (secondary N) is 1. The second-order valence-corrected chi connectivity index (χ2v) is 9.65. The van der Waals surface area contributed by atoms with Gasteiger partial charge in [-0.15, -0.1) is 0 Å². The van der Waals surface area contributed by atoms with Gasteiger partial charge in [-0.25, -0.2) is 0 Å². The first-order chi connectivity index (χ1) is 17.9. The zero-order valence-corrected chi connectivity index (χ0v) is 21.7. The van der Waals surface area contributed by atoms with Crippen molar-refractivity contribution in [2.75, 3.05) is 6.61 Å². The van der Waals surface area contributed by atoms with E-state index in [1.807, 2.05) is 18.2 Å². The summed E-state index contributed by atoms with van der Waals surface area (Å²) >= 11 is 6.02. The number of hydrogen-bond donors (Lipinski definition) is 1. The fourth-order valence-electron chi connectivity index (χ4n) is 4.22. The number of aromatic nitrogens is 2. The van der Waals surface area contributed by atoms with Crippen molar-refractivity contribution in [1.29, 1.82) is 5.26 Å². The summed E-state index contributed by atoms with van der Waals surface area (Å²) in [5.41, 5.74) is -0.793. The SMILES string of the molecule is C[C@H](NC(=O)C(C)(COC=O)c1cc(C(F)(F)F)n(C)n1)[C@@H](Cc1ccc(Cl)cc1)c1cccc(C#N)c1. The van der Waals surface area contributed by atoms with Crippen LogP contribution in [0.3, 0.4) is 0 Å². The van der Waals surface area contributed by atoms with Crippen molar-refractivity contribution >= 4 is 24.0 Å². The number of alkyl halides is 3. The van der Waals surface area contributed by atoms with Gasteiger partial charge in [-0.05, 0) is 61.7 Å². The number of rotatable bonds is 10. The van der Waals surface area contributed by atoms with E-state index >= 15 is 0 Å². The summed E-state index contributed by atoms with van der Waals surface area (Å²) in [5.74, 6) is -0.990. The molecule has 11 heteroatoms. The molecule has 1 N–H and O–H groups in total. The van der Waals surface area contributed by atoms with Crippen LogP contribution in [0.1, 0.15) is 47.8 Å². The summed E-state index contributed by atoms with van der Waals surface area (Å²) in [6.45, 7) is 2.73. The predicted octanol–water partition coefficient (Wildman–Crippen LogP) is 4.93. The lowest BCUT2D eigenvalue weighted by molar-refractivity contribution is -0.144. The number of ether oxygens (including phenoxy) is 1. The maximum absolute atomic E-state index is 13.6. The molecule has 2 aromatic carbocycles. The van der Waals surface area contributed by atoms with Crippen molar-refractivity contribution in [2.24, 2.45) is 7.05 Å². The van der Waals surface area contributed by atoms with Crippen LogP contribution < -0.4 is 5.32 Å². The Morgan fingerprint density at radius 3 is 2.50 bits per heavy atom. The summed E-state index contributed by atoms with van der Waals surface area (Å²) in [6.07, 6.45) is -4.22. The second kappa shape index (κ2) is 11.7. The Morgan fingerprint density at radius 2 is 1.92 bits per heavy atom. The molecule has 1 heterocycles.